The van der Waals surface area contributed by atoms with Crippen LogP contribution in [0.5, 0.6) is 0 Å². The number of ether oxygens (including phenoxy) is 1. The first kappa shape index (κ1) is 22.0. The third-order valence-corrected chi connectivity index (χ3v) is 6.03. The Morgan fingerprint density at radius 3 is 2.76 bits per heavy atom. The number of hydrogen-bond donors (Lipinski definition) is 2. The van der Waals surface area contributed by atoms with E-state index in [2.05, 4.69) is 10.6 Å². The Balaban J connectivity index is 1.51. The highest BCUT2D eigenvalue weighted by molar-refractivity contribution is 7.99. The molecule has 0 radical (unpaired) electrons. The predicted molar refractivity (Wildman–Crippen MR) is 119 cm³/mol. The second kappa shape index (κ2) is 10.9. The SMILES string of the molecule is O=C(CSCc1ccc(Cl)cc1Cl)Nc1ccccc1C(=O)NCC1CCCO1. The molecule has 8 heteroatoms. The monoisotopic (exact) mass is 452 g/mol. The summed E-state index contributed by atoms with van der Waals surface area (Å²) in [5.74, 6) is 0.425. The molecule has 1 fully saturated rings. The Kier molecular flexibility index (Phi) is 8.24. The zero-order chi connectivity index (χ0) is 20.6. The summed E-state index contributed by atoms with van der Waals surface area (Å²) in [4.78, 5) is 24.9. The van der Waals surface area contributed by atoms with E-state index in [0.29, 0.717) is 33.6 Å². The third-order valence-electron chi connectivity index (χ3n) is 4.47. The first-order valence-corrected chi connectivity index (χ1v) is 11.2. The maximum atomic E-state index is 12.5. The minimum absolute atomic E-state index is 0.0665. The Morgan fingerprint density at radius 1 is 1.17 bits per heavy atom. The molecule has 1 heterocycles. The average Bonchev–Trinajstić information content (AvgIpc) is 3.22. The molecule has 0 aromatic heterocycles. The first-order chi connectivity index (χ1) is 14.0. The molecule has 0 saturated carbocycles. The second-order valence-corrected chi connectivity index (χ2v) is 8.50. The molecule has 29 heavy (non-hydrogen) atoms. The molecular formula is C21H22Cl2N2O3S. The Morgan fingerprint density at radius 2 is 2.00 bits per heavy atom. The molecule has 154 valence electrons. The molecule has 2 aromatic rings. The van der Waals surface area contributed by atoms with Gasteiger partial charge in [0.05, 0.1) is 23.1 Å². The van der Waals surface area contributed by atoms with Crippen LogP contribution in [0.4, 0.5) is 5.69 Å². The van der Waals surface area contributed by atoms with Crippen LogP contribution in [0.25, 0.3) is 0 Å². The van der Waals surface area contributed by atoms with Crippen LogP contribution in [0.3, 0.4) is 0 Å². The maximum Gasteiger partial charge on any atom is 0.253 e. The summed E-state index contributed by atoms with van der Waals surface area (Å²) in [6, 6.07) is 12.3. The van der Waals surface area contributed by atoms with E-state index in [1.165, 1.54) is 11.8 Å². The number of benzene rings is 2. The largest absolute Gasteiger partial charge is 0.376 e. The van der Waals surface area contributed by atoms with Crippen molar-refractivity contribution >= 4 is 52.5 Å². The molecule has 0 bridgehead atoms. The van der Waals surface area contributed by atoms with Crippen molar-refractivity contribution in [2.45, 2.75) is 24.7 Å². The summed E-state index contributed by atoms with van der Waals surface area (Å²) in [5.41, 5.74) is 1.85. The highest BCUT2D eigenvalue weighted by Crippen LogP contribution is 2.25. The Labute approximate surface area is 184 Å². The van der Waals surface area contributed by atoms with Crippen molar-refractivity contribution in [2.24, 2.45) is 0 Å². The van der Waals surface area contributed by atoms with Crippen molar-refractivity contribution < 1.29 is 14.3 Å². The zero-order valence-corrected chi connectivity index (χ0v) is 18.1. The average molecular weight is 453 g/mol. The third kappa shape index (κ3) is 6.64. The molecular weight excluding hydrogens is 431 g/mol. The summed E-state index contributed by atoms with van der Waals surface area (Å²) in [6.45, 7) is 1.21. The molecule has 0 aliphatic carbocycles. The van der Waals surface area contributed by atoms with Crippen LogP contribution in [-0.4, -0.2) is 36.8 Å². The minimum atomic E-state index is -0.225. The number of anilines is 1. The van der Waals surface area contributed by atoms with E-state index in [1.807, 2.05) is 6.07 Å². The molecule has 5 nitrogen and oxygen atoms in total. The van der Waals surface area contributed by atoms with Crippen LogP contribution in [0, 0.1) is 0 Å². The lowest BCUT2D eigenvalue weighted by atomic mass is 10.1. The fraction of sp³-hybridized carbons (Fsp3) is 0.333. The fourth-order valence-corrected chi connectivity index (χ4v) is 4.36. The van der Waals surface area contributed by atoms with Crippen molar-refractivity contribution in [3.8, 4) is 0 Å². The van der Waals surface area contributed by atoms with E-state index in [4.69, 9.17) is 27.9 Å². The smallest absolute Gasteiger partial charge is 0.253 e. The van der Waals surface area contributed by atoms with Gasteiger partial charge in [0.1, 0.15) is 0 Å². The van der Waals surface area contributed by atoms with E-state index in [-0.39, 0.29) is 23.7 Å². The van der Waals surface area contributed by atoms with Gasteiger partial charge in [-0.3, -0.25) is 9.59 Å². The standard InChI is InChI=1S/C21H22Cl2N2O3S/c22-15-8-7-14(18(23)10-15)12-29-13-20(26)25-19-6-2-1-5-17(19)21(27)24-11-16-4-3-9-28-16/h1-2,5-8,10,16H,3-4,9,11-13H2,(H,24,27)(H,25,26). The van der Waals surface area contributed by atoms with E-state index >= 15 is 0 Å². The number of nitrogens with one attached hydrogen (secondary N) is 2. The molecule has 1 aliphatic heterocycles. The van der Waals surface area contributed by atoms with Crippen LogP contribution in [-0.2, 0) is 15.3 Å². The molecule has 1 aliphatic rings. The van der Waals surface area contributed by atoms with Gasteiger partial charge in [0, 0.05) is 28.9 Å². The highest BCUT2D eigenvalue weighted by atomic mass is 35.5. The molecule has 2 aromatic carbocycles. The van der Waals surface area contributed by atoms with Gasteiger partial charge < -0.3 is 15.4 Å². The summed E-state index contributed by atoms with van der Waals surface area (Å²) in [5, 5.41) is 6.87. The summed E-state index contributed by atoms with van der Waals surface area (Å²) in [7, 11) is 0. The van der Waals surface area contributed by atoms with Crippen molar-refractivity contribution in [2.75, 3.05) is 24.2 Å². The lowest BCUT2D eigenvalue weighted by Gasteiger charge is -2.14. The van der Waals surface area contributed by atoms with Crippen LogP contribution in [0.2, 0.25) is 10.0 Å². The normalized spacial score (nSPS) is 15.9. The topological polar surface area (TPSA) is 67.4 Å². The molecule has 0 spiro atoms. The van der Waals surface area contributed by atoms with E-state index in [1.54, 1.807) is 36.4 Å². The summed E-state index contributed by atoms with van der Waals surface area (Å²) in [6.07, 6.45) is 2.04. The number of hydrogen-bond acceptors (Lipinski definition) is 4. The minimum Gasteiger partial charge on any atom is -0.376 e. The van der Waals surface area contributed by atoms with Crippen molar-refractivity contribution in [3.05, 3.63) is 63.6 Å². The highest BCUT2D eigenvalue weighted by Gasteiger charge is 2.18. The van der Waals surface area contributed by atoms with Crippen LogP contribution in [0.15, 0.2) is 42.5 Å². The van der Waals surface area contributed by atoms with Gasteiger partial charge >= 0.3 is 0 Å². The Bertz CT molecular complexity index is 873. The molecule has 2 amide bonds. The lowest BCUT2D eigenvalue weighted by molar-refractivity contribution is -0.113. The van der Waals surface area contributed by atoms with E-state index in [9.17, 15) is 9.59 Å². The van der Waals surface area contributed by atoms with Crippen molar-refractivity contribution in [1.29, 1.82) is 0 Å². The van der Waals surface area contributed by atoms with Crippen LogP contribution < -0.4 is 10.6 Å². The molecule has 1 atom stereocenters. The lowest BCUT2D eigenvalue weighted by Crippen LogP contribution is -2.32. The summed E-state index contributed by atoms with van der Waals surface area (Å²) >= 11 is 13.5. The number of carbonyl (C=O) groups is 2. The van der Waals surface area contributed by atoms with Gasteiger partial charge in [-0.1, -0.05) is 41.4 Å². The van der Waals surface area contributed by atoms with Crippen molar-refractivity contribution in [3.63, 3.8) is 0 Å². The van der Waals surface area contributed by atoms with Crippen molar-refractivity contribution in [1.82, 2.24) is 5.32 Å². The number of carbonyl (C=O) groups excluding carboxylic acids is 2. The second-order valence-electron chi connectivity index (χ2n) is 6.67. The van der Waals surface area contributed by atoms with Gasteiger partial charge in [0.25, 0.3) is 5.91 Å². The first-order valence-electron chi connectivity index (χ1n) is 9.33. The number of amides is 2. The number of para-hydroxylation sites is 1. The number of halogens is 2. The van der Waals surface area contributed by atoms with Gasteiger partial charge in [-0.15, -0.1) is 11.8 Å². The number of rotatable bonds is 8. The maximum absolute atomic E-state index is 12.5. The van der Waals surface area contributed by atoms with Crippen LogP contribution >= 0.6 is 35.0 Å². The quantitative estimate of drug-likeness (QED) is 0.604. The molecule has 3 rings (SSSR count). The van der Waals surface area contributed by atoms with E-state index in [0.717, 1.165) is 25.0 Å². The van der Waals surface area contributed by atoms with Gasteiger partial charge in [-0.25, -0.2) is 0 Å². The van der Waals surface area contributed by atoms with E-state index < -0.39 is 0 Å². The molecule has 1 unspecified atom stereocenters. The van der Waals surface area contributed by atoms with Crippen LogP contribution in [0.1, 0.15) is 28.8 Å². The fourth-order valence-electron chi connectivity index (χ4n) is 2.98. The van der Waals surface area contributed by atoms with Gasteiger partial charge in [0.15, 0.2) is 0 Å². The molecule has 2 N–H and O–H groups in total. The van der Waals surface area contributed by atoms with Gasteiger partial charge in [-0.2, -0.15) is 0 Å². The summed E-state index contributed by atoms with van der Waals surface area (Å²) < 4.78 is 5.53. The van der Waals surface area contributed by atoms with Gasteiger partial charge in [0.2, 0.25) is 5.91 Å². The Hall–Kier alpha value is -1.73. The zero-order valence-electron chi connectivity index (χ0n) is 15.8. The predicted octanol–water partition coefficient (Wildman–Crippen LogP) is 4.77. The van der Waals surface area contributed by atoms with Gasteiger partial charge in [-0.05, 0) is 42.7 Å². The number of thioether (sulfide) groups is 1. The molecule has 1 saturated heterocycles.